The van der Waals surface area contributed by atoms with E-state index in [2.05, 4.69) is 10.6 Å². The van der Waals surface area contributed by atoms with E-state index in [1.165, 1.54) is 4.90 Å². The Morgan fingerprint density at radius 1 is 1.34 bits per heavy atom. The van der Waals surface area contributed by atoms with E-state index in [1.54, 1.807) is 6.07 Å². The van der Waals surface area contributed by atoms with Crippen molar-refractivity contribution >= 4 is 35.6 Å². The Kier molecular flexibility index (Phi) is 5.49. The van der Waals surface area contributed by atoms with Gasteiger partial charge >= 0.3 is 6.09 Å². The fourth-order valence-electron chi connectivity index (χ4n) is 3.72. The van der Waals surface area contributed by atoms with Gasteiger partial charge in [0.15, 0.2) is 0 Å². The van der Waals surface area contributed by atoms with Gasteiger partial charge < -0.3 is 15.0 Å². The molecule has 3 aliphatic heterocycles. The molecule has 4 rings (SSSR count). The molecule has 9 heteroatoms. The Morgan fingerprint density at radius 3 is 2.83 bits per heavy atom. The van der Waals surface area contributed by atoms with Crippen LogP contribution in [0.4, 0.5) is 4.79 Å². The van der Waals surface area contributed by atoms with E-state index in [4.69, 9.17) is 4.74 Å². The van der Waals surface area contributed by atoms with Gasteiger partial charge in [-0.25, -0.2) is 4.79 Å². The number of imide groups is 1. The van der Waals surface area contributed by atoms with E-state index < -0.39 is 18.0 Å². The summed E-state index contributed by atoms with van der Waals surface area (Å²) < 4.78 is 5.40. The number of fused-ring (bicyclic) bond motifs is 1. The van der Waals surface area contributed by atoms with Gasteiger partial charge in [0.2, 0.25) is 11.8 Å². The minimum absolute atomic E-state index is 0.111. The molecule has 1 aromatic rings. The van der Waals surface area contributed by atoms with Crippen LogP contribution in [0.15, 0.2) is 18.2 Å². The average molecular weight is 417 g/mol. The summed E-state index contributed by atoms with van der Waals surface area (Å²) in [5.41, 5.74) is 2.15. The number of thioether (sulfide) groups is 1. The number of nitrogens with zero attached hydrogens (tertiary/aromatic N) is 1. The van der Waals surface area contributed by atoms with Crippen molar-refractivity contribution < 1.29 is 23.9 Å². The van der Waals surface area contributed by atoms with E-state index in [1.807, 2.05) is 30.8 Å². The first-order valence-electron chi connectivity index (χ1n) is 9.71. The molecule has 0 radical (unpaired) electrons. The second-order valence-corrected chi connectivity index (χ2v) is 8.73. The minimum atomic E-state index is -0.629. The number of amides is 4. The molecular weight excluding hydrogens is 394 g/mol. The number of alkyl carbamates (subject to hydrolysis) is 1. The Morgan fingerprint density at radius 2 is 2.14 bits per heavy atom. The number of benzene rings is 1. The maximum Gasteiger partial charge on any atom is 0.407 e. The van der Waals surface area contributed by atoms with Crippen molar-refractivity contribution in [1.29, 1.82) is 0 Å². The number of carbonyl (C=O) groups excluding carboxylic acids is 4. The molecule has 0 saturated carbocycles. The second kappa shape index (κ2) is 8.06. The Labute approximate surface area is 172 Å². The molecule has 3 heterocycles. The first-order valence-corrected chi connectivity index (χ1v) is 10.9. The lowest BCUT2D eigenvalue weighted by atomic mass is 10.0. The molecule has 2 fully saturated rings. The summed E-state index contributed by atoms with van der Waals surface area (Å²) in [5.74, 6) is 1.50. The van der Waals surface area contributed by atoms with Crippen molar-refractivity contribution in [2.24, 2.45) is 5.92 Å². The van der Waals surface area contributed by atoms with Crippen LogP contribution in [0.3, 0.4) is 0 Å². The monoisotopic (exact) mass is 417 g/mol. The van der Waals surface area contributed by atoms with Crippen LogP contribution >= 0.6 is 11.8 Å². The van der Waals surface area contributed by atoms with Gasteiger partial charge in [-0.1, -0.05) is 12.1 Å². The van der Waals surface area contributed by atoms with Crippen LogP contribution in [0.25, 0.3) is 0 Å². The van der Waals surface area contributed by atoms with Crippen LogP contribution in [0.2, 0.25) is 0 Å². The summed E-state index contributed by atoms with van der Waals surface area (Å²) in [7, 11) is 0. The maximum absolute atomic E-state index is 12.8. The van der Waals surface area contributed by atoms with Crippen LogP contribution in [0.5, 0.6) is 0 Å². The van der Waals surface area contributed by atoms with Crippen LogP contribution < -0.4 is 10.6 Å². The van der Waals surface area contributed by atoms with Gasteiger partial charge in [-0.15, -0.1) is 0 Å². The highest BCUT2D eigenvalue weighted by atomic mass is 32.2. The van der Waals surface area contributed by atoms with Crippen molar-refractivity contribution in [3.63, 3.8) is 0 Å². The molecule has 154 valence electrons. The predicted octanol–water partition coefficient (Wildman–Crippen LogP) is 1.43. The SMILES string of the molecule is CC(OC(=O)NCc1ccc2c(c1)C(=O)N(C1CCC(=O)NC1=O)C2)C1CSC1. The van der Waals surface area contributed by atoms with Crippen LogP contribution in [-0.2, 0) is 27.4 Å². The van der Waals surface area contributed by atoms with Gasteiger partial charge in [-0.3, -0.25) is 19.7 Å². The fourth-order valence-corrected chi connectivity index (χ4v) is 4.77. The molecule has 29 heavy (non-hydrogen) atoms. The topological polar surface area (TPSA) is 105 Å². The molecule has 2 saturated heterocycles. The van der Waals surface area contributed by atoms with Gasteiger partial charge in [-0.2, -0.15) is 11.8 Å². The average Bonchev–Trinajstić information content (AvgIpc) is 2.95. The molecule has 0 aliphatic carbocycles. The molecule has 4 amide bonds. The van der Waals surface area contributed by atoms with Gasteiger partial charge in [0.25, 0.3) is 5.91 Å². The summed E-state index contributed by atoms with van der Waals surface area (Å²) >= 11 is 1.84. The third kappa shape index (κ3) is 4.10. The molecule has 2 N–H and O–H groups in total. The number of hydrogen-bond donors (Lipinski definition) is 2. The zero-order chi connectivity index (χ0) is 20.5. The first kappa shape index (κ1) is 19.8. The first-order chi connectivity index (χ1) is 13.9. The van der Waals surface area contributed by atoms with E-state index in [0.29, 0.717) is 24.4 Å². The number of hydrogen-bond acceptors (Lipinski definition) is 6. The normalized spacial score (nSPS) is 22.6. The number of ether oxygens (including phenoxy) is 1. The number of carbonyl (C=O) groups is 4. The van der Waals surface area contributed by atoms with E-state index in [9.17, 15) is 19.2 Å². The predicted molar refractivity (Wildman–Crippen MR) is 106 cm³/mol. The molecule has 8 nitrogen and oxygen atoms in total. The zero-order valence-electron chi connectivity index (χ0n) is 16.1. The molecule has 1 aromatic carbocycles. The summed E-state index contributed by atoms with van der Waals surface area (Å²) in [4.78, 5) is 49.8. The summed E-state index contributed by atoms with van der Waals surface area (Å²) in [5, 5.41) is 5.03. The summed E-state index contributed by atoms with van der Waals surface area (Å²) in [6.07, 6.45) is -0.0139. The van der Waals surface area contributed by atoms with Crippen molar-refractivity contribution in [2.45, 2.75) is 45.0 Å². The minimum Gasteiger partial charge on any atom is -0.446 e. The molecule has 2 unspecified atom stereocenters. The van der Waals surface area contributed by atoms with Gasteiger partial charge in [0.05, 0.1) is 0 Å². The molecule has 3 aliphatic rings. The summed E-state index contributed by atoms with van der Waals surface area (Å²) in [6, 6.07) is 4.81. The van der Waals surface area contributed by atoms with Crippen molar-refractivity contribution in [3.8, 4) is 0 Å². The lowest BCUT2D eigenvalue weighted by Gasteiger charge is -2.30. The van der Waals surface area contributed by atoms with Crippen LogP contribution in [-0.4, -0.2) is 52.4 Å². The second-order valence-electron chi connectivity index (χ2n) is 7.65. The van der Waals surface area contributed by atoms with Crippen molar-refractivity contribution in [2.75, 3.05) is 11.5 Å². The number of nitrogens with one attached hydrogen (secondary N) is 2. The van der Waals surface area contributed by atoms with E-state index in [-0.39, 0.29) is 30.9 Å². The lowest BCUT2D eigenvalue weighted by molar-refractivity contribution is -0.136. The fraction of sp³-hybridized carbons (Fsp3) is 0.500. The van der Waals surface area contributed by atoms with Gasteiger partial charge in [-0.05, 0) is 30.5 Å². The standard InChI is InChI=1S/C20H23N3O5S/c1-11(14-9-29-10-14)28-20(27)21-7-12-2-3-13-8-23(19(26)15(13)6-12)16-4-5-17(24)22-18(16)25/h2-3,6,11,14,16H,4-5,7-10H2,1H3,(H,21,27)(H,22,24,25). The number of rotatable bonds is 5. The largest absolute Gasteiger partial charge is 0.446 e. The molecule has 0 bridgehead atoms. The maximum atomic E-state index is 12.8. The third-order valence-electron chi connectivity index (χ3n) is 5.65. The molecule has 0 spiro atoms. The Bertz CT molecular complexity index is 870. The highest BCUT2D eigenvalue weighted by Crippen LogP contribution is 2.29. The molecular formula is C20H23N3O5S. The smallest absolute Gasteiger partial charge is 0.407 e. The van der Waals surface area contributed by atoms with Crippen molar-refractivity contribution in [3.05, 3.63) is 34.9 Å². The molecule has 0 aromatic heterocycles. The van der Waals surface area contributed by atoms with Gasteiger partial charge in [0.1, 0.15) is 12.1 Å². The highest BCUT2D eigenvalue weighted by molar-refractivity contribution is 8.00. The van der Waals surface area contributed by atoms with Crippen LogP contribution in [0, 0.1) is 5.92 Å². The van der Waals surface area contributed by atoms with E-state index >= 15 is 0 Å². The number of piperidine rings is 1. The lowest BCUT2D eigenvalue weighted by Crippen LogP contribution is -2.52. The van der Waals surface area contributed by atoms with Crippen LogP contribution in [0.1, 0.15) is 41.3 Å². The molecule has 2 atom stereocenters. The highest BCUT2D eigenvalue weighted by Gasteiger charge is 2.39. The van der Waals surface area contributed by atoms with Gasteiger partial charge in [0, 0.05) is 42.5 Å². The van der Waals surface area contributed by atoms with E-state index in [0.717, 1.165) is 22.6 Å². The third-order valence-corrected chi connectivity index (χ3v) is 6.98. The summed E-state index contributed by atoms with van der Waals surface area (Å²) in [6.45, 7) is 2.50. The Balaban J connectivity index is 1.36. The zero-order valence-corrected chi connectivity index (χ0v) is 16.9. The Hall–Kier alpha value is -2.55. The van der Waals surface area contributed by atoms with Crippen molar-refractivity contribution in [1.82, 2.24) is 15.5 Å². The quantitative estimate of drug-likeness (QED) is 0.703.